The van der Waals surface area contributed by atoms with Gasteiger partial charge in [0.25, 0.3) is 5.69 Å². The highest BCUT2D eigenvalue weighted by molar-refractivity contribution is 6.14. The Labute approximate surface area is 212 Å². The number of carbonyl (C=O) groups is 1. The maximum atomic E-state index is 12.8. The number of fused-ring (bicyclic) bond motifs is 3. The van der Waals surface area contributed by atoms with Crippen LogP contribution in [0, 0.1) is 10.1 Å². The first-order chi connectivity index (χ1) is 16.5. The van der Waals surface area contributed by atoms with E-state index in [9.17, 15) is 14.9 Å². The van der Waals surface area contributed by atoms with Crippen molar-refractivity contribution in [2.45, 2.75) is 13.5 Å². The molecule has 6 nitrogen and oxygen atoms in total. The van der Waals surface area contributed by atoms with Crippen molar-refractivity contribution in [1.82, 2.24) is 4.57 Å². The molecule has 0 fully saturated rings. The molecule has 2 aromatic heterocycles. The molecule has 0 radical (unpaired) electrons. The number of hydrogen-bond acceptors (Lipinski definition) is 3. The predicted molar refractivity (Wildman–Crippen MR) is 134 cm³/mol. The highest BCUT2D eigenvalue weighted by Crippen LogP contribution is 2.31. The Bertz CT molecular complexity index is 1570. The van der Waals surface area contributed by atoms with E-state index >= 15 is 0 Å². The Morgan fingerprint density at radius 3 is 2.29 bits per heavy atom. The van der Waals surface area contributed by atoms with Gasteiger partial charge in [-0.2, -0.15) is 4.57 Å². The number of hydrogen-bond donors (Lipinski definition) is 0. The third-order valence-corrected chi connectivity index (χ3v) is 5.94. The van der Waals surface area contributed by atoms with E-state index in [0.717, 1.165) is 38.6 Å². The first-order valence-electron chi connectivity index (χ1n) is 11.0. The lowest BCUT2D eigenvalue weighted by molar-refractivity contribution is -0.688. The van der Waals surface area contributed by atoms with Gasteiger partial charge in [0.2, 0.25) is 11.6 Å². The van der Waals surface area contributed by atoms with Crippen LogP contribution in [0.3, 0.4) is 0 Å². The number of nitro benzene ring substituents is 1. The molecular formula is C28H22BrN3O3. The zero-order valence-corrected chi connectivity index (χ0v) is 20.6. The summed E-state index contributed by atoms with van der Waals surface area (Å²) in [5.41, 5.74) is 4.61. The Morgan fingerprint density at radius 1 is 0.914 bits per heavy atom. The van der Waals surface area contributed by atoms with Gasteiger partial charge in [0, 0.05) is 47.5 Å². The summed E-state index contributed by atoms with van der Waals surface area (Å²) in [6.07, 6.45) is 5.94. The maximum Gasteiger partial charge on any atom is 0.269 e. The molecule has 0 spiro atoms. The van der Waals surface area contributed by atoms with Crippen molar-refractivity contribution in [1.29, 1.82) is 0 Å². The molecule has 35 heavy (non-hydrogen) atoms. The second kappa shape index (κ2) is 10.0. The van der Waals surface area contributed by atoms with Crippen molar-refractivity contribution < 1.29 is 31.3 Å². The molecule has 7 heteroatoms. The lowest BCUT2D eigenvalue weighted by Gasteiger charge is -2.06. The van der Waals surface area contributed by atoms with Gasteiger partial charge in [-0.05, 0) is 29.8 Å². The van der Waals surface area contributed by atoms with Gasteiger partial charge in [-0.3, -0.25) is 19.5 Å². The largest absolute Gasteiger partial charge is 1.00 e. The van der Waals surface area contributed by atoms with Crippen LogP contribution in [-0.2, 0) is 6.54 Å². The van der Waals surface area contributed by atoms with Crippen LogP contribution in [-0.4, -0.2) is 15.4 Å². The Kier molecular flexibility index (Phi) is 6.89. The van der Waals surface area contributed by atoms with E-state index in [-0.39, 0.29) is 28.6 Å². The standard InChI is InChI=1S/C28H22N3O3.BrH/c1-20(32)30-26-10-6-5-9-24(26)25-17-18-29(19-22-7-3-2-4-8-22)27(28(25)30)16-13-21-11-14-23(15-12-21)31(33)34;/h2-18H,19H2,1H3;1H/q+1;/p-1/b16-13+;. The van der Waals surface area contributed by atoms with E-state index in [1.165, 1.54) is 12.1 Å². The topological polar surface area (TPSA) is 69.0 Å². The van der Waals surface area contributed by atoms with Crippen LogP contribution in [0.15, 0.2) is 91.1 Å². The molecule has 0 N–H and O–H groups in total. The average molecular weight is 528 g/mol. The molecule has 0 aliphatic rings. The molecule has 0 unspecified atom stereocenters. The molecule has 3 aromatic carbocycles. The Balaban J connectivity index is 0.00000289. The molecular weight excluding hydrogens is 506 g/mol. The van der Waals surface area contributed by atoms with Crippen LogP contribution in [0.1, 0.15) is 28.5 Å². The third-order valence-electron chi connectivity index (χ3n) is 5.94. The minimum absolute atomic E-state index is 0. The molecule has 0 atom stereocenters. The van der Waals surface area contributed by atoms with Crippen LogP contribution >= 0.6 is 0 Å². The number of pyridine rings is 1. The number of para-hydroxylation sites is 1. The van der Waals surface area contributed by atoms with Gasteiger partial charge < -0.3 is 17.0 Å². The number of non-ortho nitro benzene ring substituents is 1. The van der Waals surface area contributed by atoms with Gasteiger partial charge in [0.05, 0.1) is 10.4 Å². The van der Waals surface area contributed by atoms with E-state index in [1.54, 1.807) is 23.6 Å². The molecule has 0 aliphatic heterocycles. The van der Waals surface area contributed by atoms with Crippen molar-refractivity contribution >= 4 is 45.6 Å². The van der Waals surface area contributed by atoms with E-state index in [2.05, 4.69) is 22.8 Å². The summed E-state index contributed by atoms with van der Waals surface area (Å²) in [5.74, 6) is -0.0614. The number of carbonyl (C=O) groups excluding carboxylic acids is 1. The van der Waals surface area contributed by atoms with E-state index in [0.29, 0.717) is 6.54 Å². The lowest BCUT2D eigenvalue weighted by Crippen LogP contribution is -3.00. The van der Waals surface area contributed by atoms with E-state index in [4.69, 9.17) is 0 Å². The Hall–Kier alpha value is -4.10. The second-order valence-corrected chi connectivity index (χ2v) is 8.13. The molecule has 2 heterocycles. The predicted octanol–water partition coefficient (Wildman–Crippen LogP) is 2.87. The van der Waals surface area contributed by atoms with E-state index in [1.807, 2.05) is 60.8 Å². The average Bonchev–Trinajstić information content (AvgIpc) is 3.19. The summed E-state index contributed by atoms with van der Waals surface area (Å²) < 4.78 is 3.89. The molecule has 5 rings (SSSR count). The van der Waals surface area contributed by atoms with Gasteiger partial charge >= 0.3 is 0 Å². The molecule has 0 amide bonds. The summed E-state index contributed by atoms with van der Waals surface area (Å²) in [7, 11) is 0. The van der Waals surface area contributed by atoms with Crippen LogP contribution in [0.4, 0.5) is 5.69 Å². The molecule has 174 valence electrons. The van der Waals surface area contributed by atoms with Crippen LogP contribution in [0.2, 0.25) is 0 Å². The number of nitrogens with zero attached hydrogens (tertiary/aromatic N) is 3. The second-order valence-electron chi connectivity index (χ2n) is 8.13. The van der Waals surface area contributed by atoms with Gasteiger partial charge in [-0.25, -0.2) is 0 Å². The zero-order chi connectivity index (χ0) is 23.7. The smallest absolute Gasteiger partial charge is 0.269 e. The Morgan fingerprint density at radius 2 is 1.60 bits per heavy atom. The number of aromatic nitrogens is 2. The molecule has 0 bridgehead atoms. The van der Waals surface area contributed by atoms with Gasteiger partial charge in [0.15, 0.2) is 12.7 Å². The fourth-order valence-electron chi connectivity index (χ4n) is 4.37. The van der Waals surface area contributed by atoms with Gasteiger partial charge in [-0.1, -0.05) is 48.5 Å². The SMILES string of the molecule is CC(=O)n1c2ccccc2c2cc[n+](Cc3ccccc3)c(/C=C/c3ccc([N+](=O)[O-])cc3)c21.[Br-]. The highest BCUT2D eigenvalue weighted by atomic mass is 79.9. The fraction of sp³-hybridized carbons (Fsp3) is 0.0714. The summed E-state index contributed by atoms with van der Waals surface area (Å²) >= 11 is 0. The monoisotopic (exact) mass is 527 g/mol. The highest BCUT2D eigenvalue weighted by Gasteiger charge is 2.22. The number of rotatable bonds is 5. The minimum Gasteiger partial charge on any atom is -1.00 e. The number of nitro groups is 1. The first-order valence-corrected chi connectivity index (χ1v) is 11.0. The van der Waals surface area contributed by atoms with Crippen molar-refractivity contribution in [2.24, 2.45) is 0 Å². The summed E-state index contributed by atoms with van der Waals surface area (Å²) in [6, 6.07) is 26.5. The minimum atomic E-state index is -0.409. The quantitative estimate of drug-likeness (QED) is 0.200. The zero-order valence-electron chi connectivity index (χ0n) is 19.0. The molecule has 0 aliphatic carbocycles. The maximum absolute atomic E-state index is 12.8. The number of halogens is 1. The molecule has 5 aromatic rings. The van der Waals surface area contributed by atoms with Crippen molar-refractivity contribution in [2.75, 3.05) is 0 Å². The van der Waals surface area contributed by atoms with Crippen LogP contribution < -0.4 is 21.5 Å². The first kappa shape index (κ1) is 24.0. The van der Waals surface area contributed by atoms with E-state index < -0.39 is 4.92 Å². The molecule has 0 saturated heterocycles. The summed E-state index contributed by atoms with van der Waals surface area (Å²) in [6.45, 7) is 2.21. The van der Waals surface area contributed by atoms with Crippen molar-refractivity contribution in [3.63, 3.8) is 0 Å². The molecule has 0 saturated carbocycles. The van der Waals surface area contributed by atoms with Crippen LogP contribution in [0.5, 0.6) is 0 Å². The number of benzene rings is 3. The third kappa shape index (κ3) is 4.63. The van der Waals surface area contributed by atoms with Crippen molar-refractivity contribution in [3.05, 3.63) is 118 Å². The van der Waals surface area contributed by atoms with Crippen LogP contribution in [0.25, 0.3) is 34.0 Å². The summed E-state index contributed by atoms with van der Waals surface area (Å²) in [4.78, 5) is 23.4. The lowest BCUT2D eigenvalue weighted by atomic mass is 10.1. The van der Waals surface area contributed by atoms with Gasteiger partial charge in [0.1, 0.15) is 5.52 Å². The van der Waals surface area contributed by atoms with Crippen molar-refractivity contribution in [3.8, 4) is 0 Å². The normalized spacial score (nSPS) is 11.1. The summed E-state index contributed by atoms with van der Waals surface area (Å²) in [5, 5.41) is 13.0. The fourth-order valence-corrected chi connectivity index (χ4v) is 4.37. The van der Waals surface area contributed by atoms with Gasteiger partial charge in [-0.15, -0.1) is 0 Å².